The normalized spacial score (nSPS) is 12.2. The van der Waals surface area contributed by atoms with E-state index in [1.54, 1.807) is 17.4 Å². The Kier molecular flexibility index (Phi) is 4.88. The summed E-state index contributed by atoms with van der Waals surface area (Å²) in [5.74, 6) is -0.773. The molecule has 0 bridgehead atoms. The van der Waals surface area contributed by atoms with Crippen LogP contribution in [0, 0.1) is 5.82 Å². The molecular weight excluding hydrogens is 343 g/mol. The van der Waals surface area contributed by atoms with Crippen LogP contribution in [0.4, 0.5) is 4.39 Å². The molecular formula is C14H14BrFN2OS. The standard InChI is InChI=1S/C14H14BrFN2OS/c1-3-9-7-17-14(20-9)8(2)18-13(19)10-5-4-6-11(16)12(10)15/h4-8H,3H2,1-2H3,(H,18,19). The zero-order valence-electron chi connectivity index (χ0n) is 11.1. The van der Waals surface area contributed by atoms with E-state index in [9.17, 15) is 9.18 Å². The monoisotopic (exact) mass is 356 g/mol. The Labute approximate surface area is 129 Å². The fourth-order valence-electron chi connectivity index (χ4n) is 1.70. The summed E-state index contributed by atoms with van der Waals surface area (Å²) in [6.45, 7) is 3.92. The van der Waals surface area contributed by atoms with Gasteiger partial charge in [-0.05, 0) is 41.4 Å². The van der Waals surface area contributed by atoms with Crippen LogP contribution in [0.25, 0.3) is 0 Å². The molecule has 2 rings (SSSR count). The number of carbonyl (C=O) groups excluding carboxylic acids is 1. The number of nitrogens with zero attached hydrogens (tertiary/aromatic N) is 1. The van der Waals surface area contributed by atoms with Crippen molar-refractivity contribution >= 4 is 33.2 Å². The average molecular weight is 357 g/mol. The van der Waals surface area contributed by atoms with E-state index in [2.05, 4.69) is 33.2 Å². The number of hydrogen-bond acceptors (Lipinski definition) is 3. The third-order valence-corrected chi connectivity index (χ3v) is 4.96. The molecule has 0 fully saturated rings. The quantitative estimate of drug-likeness (QED) is 0.895. The SMILES string of the molecule is CCc1cnc(C(C)NC(=O)c2cccc(F)c2Br)s1. The number of aryl methyl sites for hydroxylation is 1. The molecule has 1 aromatic carbocycles. The number of aromatic nitrogens is 1. The third kappa shape index (κ3) is 3.24. The van der Waals surface area contributed by atoms with Gasteiger partial charge in [-0.15, -0.1) is 11.3 Å². The molecule has 1 unspecified atom stereocenters. The predicted octanol–water partition coefficient (Wildman–Crippen LogP) is 4.10. The summed E-state index contributed by atoms with van der Waals surface area (Å²) in [6.07, 6.45) is 2.74. The molecule has 2 aromatic rings. The van der Waals surface area contributed by atoms with Gasteiger partial charge in [0.05, 0.1) is 16.1 Å². The Morgan fingerprint density at radius 2 is 2.30 bits per heavy atom. The van der Waals surface area contributed by atoms with Crippen LogP contribution in [0.1, 0.15) is 40.1 Å². The molecule has 0 saturated carbocycles. The van der Waals surface area contributed by atoms with E-state index in [0.717, 1.165) is 11.4 Å². The van der Waals surface area contributed by atoms with Crippen molar-refractivity contribution < 1.29 is 9.18 Å². The zero-order chi connectivity index (χ0) is 14.7. The Hall–Kier alpha value is -1.27. The van der Waals surface area contributed by atoms with Crippen molar-refractivity contribution in [1.82, 2.24) is 10.3 Å². The molecule has 20 heavy (non-hydrogen) atoms. The minimum atomic E-state index is -0.451. The van der Waals surface area contributed by atoms with Crippen LogP contribution in [0.5, 0.6) is 0 Å². The minimum absolute atomic E-state index is 0.179. The number of rotatable bonds is 4. The lowest BCUT2D eigenvalue weighted by molar-refractivity contribution is 0.0938. The third-order valence-electron chi connectivity index (χ3n) is 2.83. The van der Waals surface area contributed by atoms with Crippen molar-refractivity contribution in [3.63, 3.8) is 0 Å². The highest BCUT2D eigenvalue weighted by Crippen LogP contribution is 2.23. The largest absolute Gasteiger partial charge is 0.343 e. The van der Waals surface area contributed by atoms with Gasteiger partial charge in [-0.2, -0.15) is 0 Å². The number of carbonyl (C=O) groups is 1. The summed E-state index contributed by atoms with van der Waals surface area (Å²) in [7, 11) is 0. The number of hydrogen-bond donors (Lipinski definition) is 1. The summed E-state index contributed by atoms with van der Waals surface area (Å²) < 4.78 is 13.6. The smallest absolute Gasteiger partial charge is 0.253 e. The van der Waals surface area contributed by atoms with Gasteiger partial charge in [0.25, 0.3) is 5.91 Å². The molecule has 1 aromatic heterocycles. The maximum absolute atomic E-state index is 13.4. The molecule has 0 aliphatic rings. The van der Waals surface area contributed by atoms with E-state index < -0.39 is 5.82 Å². The summed E-state index contributed by atoms with van der Waals surface area (Å²) in [4.78, 5) is 17.6. The number of nitrogens with one attached hydrogen (secondary N) is 1. The van der Waals surface area contributed by atoms with Crippen LogP contribution in [0.2, 0.25) is 0 Å². The molecule has 6 heteroatoms. The van der Waals surface area contributed by atoms with Crippen molar-refractivity contribution in [2.45, 2.75) is 26.3 Å². The maximum Gasteiger partial charge on any atom is 0.253 e. The van der Waals surface area contributed by atoms with E-state index >= 15 is 0 Å². The molecule has 0 saturated heterocycles. The molecule has 0 radical (unpaired) electrons. The van der Waals surface area contributed by atoms with Gasteiger partial charge in [-0.25, -0.2) is 9.37 Å². The van der Waals surface area contributed by atoms with Gasteiger partial charge in [0.1, 0.15) is 10.8 Å². The molecule has 3 nitrogen and oxygen atoms in total. The molecule has 0 spiro atoms. The van der Waals surface area contributed by atoms with Gasteiger partial charge in [0, 0.05) is 11.1 Å². The first-order chi connectivity index (χ1) is 9.52. The summed E-state index contributed by atoms with van der Waals surface area (Å²) >= 11 is 4.67. The second-order valence-electron chi connectivity index (χ2n) is 4.31. The Balaban J connectivity index is 2.13. The fraction of sp³-hybridized carbons (Fsp3) is 0.286. The van der Waals surface area contributed by atoms with Crippen molar-refractivity contribution in [3.8, 4) is 0 Å². The second-order valence-corrected chi connectivity index (χ2v) is 6.25. The molecule has 1 heterocycles. The lowest BCUT2D eigenvalue weighted by atomic mass is 10.2. The van der Waals surface area contributed by atoms with Crippen LogP contribution in [-0.2, 0) is 6.42 Å². The highest BCUT2D eigenvalue weighted by atomic mass is 79.9. The molecule has 0 aliphatic carbocycles. The van der Waals surface area contributed by atoms with Gasteiger partial charge in [-0.1, -0.05) is 13.0 Å². The second kappa shape index (κ2) is 6.45. The number of halogens is 2. The van der Waals surface area contributed by atoms with E-state index in [1.807, 2.05) is 13.1 Å². The summed E-state index contributed by atoms with van der Waals surface area (Å²) in [5.41, 5.74) is 0.282. The van der Waals surface area contributed by atoms with E-state index in [-0.39, 0.29) is 22.0 Å². The Morgan fingerprint density at radius 1 is 1.55 bits per heavy atom. The van der Waals surface area contributed by atoms with E-state index in [4.69, 9.17) is 0 Å². The van der Waals surface area contributed by atoms with Crippen LogP contribution in [0.3, 0.4) is 0 Å². The van der Waals surface area contributed by atoms with Crippen molar-refractivity contribution in [1.29, 1.82) is 0 Å². The minimum Gasteiger partial charge on any atom is -0.343 e. The predicted molar refractivity (Wildman–Crippen MR) is 81.5 cm³/mol. The van der Waals surface area contributed by atoms with Gasteiger partial charge >= 0.3 is 0 Å². The molecule has 1 atom stereocenters. The van der Waals surface area contributed by atoms with Crippen LogP contribution >= 0.6 is 27.3 Å². The van der Waals surface area contributed by atoms with E-state index in [1.165, 1.54) is 17.0 Å². The highest BCUT2D eigenvalue weighted by Gasteiger charge is 2.17. The lowest BCUT2D eigenvalue weighted by Crippen LogP contribution is -2.27. The van der Waals surface area contributed by atoms with E-state index in [0.29, 0.717) is 0 Å². The van der Waals surface area contributed by atoms with Gasteiger partial charge < -0.3 is 5.32 Å². The van der Waals surface area contributed by atoms with Crippen LogP contribution in [-0.4, -0.2) is 10.9 Å². The first kappa shape index (κ1) is 15.1. The average Bonchev–Trinajstić information content (AvgIpc) is 2.90. The first-order valence-electron chi connectivity index (χ1n) is 6.22. The maximum atomic E-state index is 13.4. The number of thiazole rings is 1. The summed E-state index contributed by atoms with van der Waals surface area (Å²) in [5, 5.41) is 3.68. The first-order valence-corrected chi connectivity index (χ1v) is 7.83. The Bertz CT molecular complexity index is 629. The summed E-state index contributed by atoms with van der Waals surface area (Å²) in [6, 6.07) is 4.19. The van der Waals surface area contributed by atoms with Crippen molar-refractivity contribution in [3.05, 3.63) is 50.1 Å². The lowest BCUT2D eigenvalue weighted by Gasteiger charge is -2.12. The van der Waals surface area contributed by atoms with Crippen LogP contribution < -0.4 is 5.32 Å². The zero-order valence-corrected chi connectivity index (χ0v) is 13.5. The van der Waals surface area contributed by atoms with Gasteiger partial charge in [0.2, 0.25) is 0 Å². The fourth-order valence-corrected chi connectivity index (χ4v) is 3.01. The highest BCUT2D eigenvalue weighted by molar-refractivity contribution is 9.10. The topological polar surface area (TPSA) is 42.0 Å². The van der Waals surface area contributed by atoms with Crippen molar-refractivity contribution in [2.24, 2.45) is 0 Å². The van der Waals surface area contributed by atoms with Crippen molar-refractivity contribution in [2.75, 3.05) is 0 Å². The number of benzene rings is 1. The van der Waals surface area contributed by atoms with Crippen LogP contribution in [0.15, 0.2) is 28.9 Å². The molecule has 0 aliphatic heterocycles. The Morgan fingerprint density at radius 3 is 2.95 bits per heavy atom. The number of amides is 1. The molecule has 1 N–H and O–H groups in total. The van der Waals surface area contributed by atoms with Gasteiger partial charge in [-0.3, -0.25) is 4.79 Å². The van der Waals surface area contributed by atoms with Gasteiger partial charge in [0.15, 0.2) is 0 Å². The molecule has 106 valence electrons. The molecule has 1 amide bonds.